The predicted octanol–water partition coefficient (Wildman–Crippen LogP) is 2.99. The highest BCUT2D eigenvalue weighted by Crippen LogP contribution is 2.36. The fourth-order valence-electron chi connectivity index (χ4n) is 2.55. The first kappa shape index (κ1) is 12.6. The van der Waals surface area contributed by atoms with Crippen LogP contribution in [0, 0.1) is 6.92 Å². The van der Waals surface area contributed by atoms with Crippen LogP contribution in [0.1, 0.15) is 42.7 Å². The maximum absolute atomic E-state index is 11.7. The van der Waals surface area contributed by atoms with E-state index in [9.17, 15) is 8.42 Å². The summed E-state index contributed by atoms with van der Waals surface area (Å²) in [6.07, 6.45) is 4.81. The van der Waals surface area contributed by atoms with E-state index in [2.05, 4.69) is 4.18 Å². The standard InChI is InChI=1S/C13H18O3S/c1-10-7-8-12(17(14,15)16-2)9-13(10)11-5-3-4-6-11/h7-9,11H,3-6H2,1-2H3. The van der Waals surface area contributed by atoms with E-state index in [0.29, 0.717) is 5.92 Å². The van der Waals surface area contributed by atoms with Crippen molar-refractivity contribution in [1.82, 2.24) is 0 Å². The van der Waals surface area contributed by atoms with Gasteiger partial charge >= 0.3 is 0 Å². The Balaban J connectivity index is 2.42. The topological polar surface area (TPSA) is 43.4 Å². The van der Waals surface area contributed by atoms with Gasteiger partial charge in [-0.1, -0.05) is 18.9 Å². The Hall–Kier alpha value is -0.870. The van der Waals surface area contributed by atoms with E-state index in [-0.39, 0.29) is 4.90 Å². The second-order valence-corrected chi connectivity index (χ2v) is 6.33. The quantitative estimate of drug-likeness (QED) is 0.779. The molecule has 0 saturated heterocycles. The van der Waals surface area contributed by atoms with Crippen LogP contribution < -0.4 is 0 Å². The Labute approximate surface area is 103 Å². The molecule has 1 saturated carbocycles. The van der Waals surface area contributed by atoms with Gasteiger partial charge < -0.3 is 0 Å². The van der Waals surface area contributed by atoms with Crippen molar-refractivity contribution in [2.75, 3.05) is 7.11 Å². The lowest BCUT2D eigenvalue weighted by Crippen LogP contribution is -2.05. The summed E-state index contributed by atoms with van der Waals surface area (Å²) in [5.74, 6) is 0.516. The van der Waals surface area contributed by atoms with Gasteiger partial charge in [0.1, 0.15) is 0 Å². The zero-order valence-electron chi connectivity index (χ0n) is 10.3. The predicted molar refractivity (Wildman–Crippen MR) is 66.6 cm³/mol. The van der Waals surface area contributed by atoms with Crippen LogP contribution >= 0.6 is 0 Å². The summed E-state index contributed by atoms with van der Waals surface area (Å²) in [6.45, 7) is 2.04. The van der Waals surface area contributed by atoms with Crippen molar-refractivity contribution in [3.05, 3.63) is 29.3 Å². The molecule has 0 spiro atoms. The normalized spacial score (nSPS) is 17.5. The largest absolute Gasteiger partial charge is 0.296 e. The fraction of sp³-hybridized carbons (Fsp3) is 0.538. The highest BCUT2D eigenvalue weighted by Gasteiger charge is 2.21. The van der Waals surface area contributed by atoms with Gasteiger partial charge in [-0.15, -0.1) is 0 Å². The van der Waals surface area contributed by atoms with Crippen LogP contribution in [0.3, 0.4) is 0 Å². The number of hydrogen-bond donors (Lipinski definition) is 0. The van der Waals surface area contributed by atoms with Gasteiger partial charge in [-0.3, -0.25) is 4.18 Å². The fourth-order valence-corrected chi connectivity index (χ4v) is 3.25. The third-order valence-electron chi connectivity index (χ3n) is 3.55. The molecule has 1 aliphatic carbocycles. The first-order valence-corrected chi connectivity index (χ1v) is 7.36. The molecule has 0 aliphatic heterocycles. The van der Waals surface area contributed by atoms with Gasteiger partial charge in [-0.25, -0.2) is 0 Å². The maximum Gasteiger partial charge on any atom is 0.296 e. The summed E-state index contributed by atoms with van der Waals surface area (Å²) in [4.78, 5) is 0.271. The summed E-state index contributed by atoms with van der Waals surface area (Å²) >= 11 is 0. The third kappa shape index (κ3) is 2.53. The van der Waals surface area contributed by atoms with E-state index in [1.807, 2.05) is 13.0 Å². The SMILES string of the molecule is COS(=O)(=O)c1ccc(C)c(C2CCCC2)c1. The van der Waals surface area contributed by atoms with Gasteiger partial charge in [0, 0.05) is 0 Å². The molecule has 4 heteroatoms. The van der Waals surface area contributed by atoms with E-state index >= 15 is 0 Å². The molecule has 0 radical (unpaired) electrons. The molecule has 1 aromatic carbocycles. The van der Waals surface area contributed by atoms with Crippen LogP contribution in [0.15, 0.2) is 23.1 Å². The van der Waals surface area contributed by atoms with Gasteiger partial charge in [0.2, 0.25) is 0 Å². The smallest absolute Gasteiger partial charge is 0.270 e. The van der Waals surface area contributed by atoms with Crippen molar-refractivity contribution in [3.63, 3.8) is 0 Å². The first-order valence-electron chi connectivity index (χ1n) is 5.96. The van der Waals surface area contributed by atoms with Crippen molar-refractivity contribution < 1.29 is 12.6 Å². The molecule has 0 unspecified atom stereocenters. The zero-order valence-corrected chi connectivity index (χ0v) is 11.1. The molecule has 1 fully saturated rings. The number of rotatable bonds is 3. The van der Waals surface area contributed by atoms with E-state index in [0.717, 1.165) is 12.8 Å². The minimum atomic E-state index is -3.57. The van der Waals surface area contributed by atoms with Gasteiger partial charge in [0.05, 0.1) is 12.0 Å². The van der Waals surface area contributed by atoms with Crippen molar-refractivity contribution in [2.45, 2.75) is 43.4 Å². The van der Waals surface area contributed by atoms with E-state index in [1.165, 1.54) is 31.1 Å². The van der Waals surface area contributed by atoms with Crippen LogP contribution in [0.25, 0.3) is 0 Å². The van der Waals surface area contributed by atoms with Crippen LogP contribution in [-0.4, -0.2) is 15.5 Å². The average Bonchev–Trinajstić information content (AvgIpc) is 2.83. The Kier molecular flexibility index (Phi) is 3.54. The molecule has 94 valence electrons. The Morgan fingerprint density at radius 2 is 1.88 bits per heavy atom. The lowest BCUT2D eigenvalue weighted by Gasteiger charge is -2.14. The van der Waals surface area contributed by atoms with E-state index < -0.39 is 10.1 Å². The summed E-state index contributed by atoms with van der Waals surface area (Å²) in [5, 5.41) is 0. The highest BCUT2D eigenvalue weighted by molar-refractivity contribution is 7.86. The number of aryl methyl sites for hydroxylation is 1. The van der Waals surface area contributed by atoms with Crippen LogP contribution in [0.2, 0.25) is 0 Å². The van der Waals surface area contributed by atoms with Crippen molar-refractivity contribution in [3.8, 4) is 0 Å². The molecule has 2 rings (SSSR count). The minimum absolute atomic E-state index is 0.271. The second-order valence-electron chi connectivity index (χ2n) is 4.62. The molecular formula is C13H18O3S. The Morgan fingerprint density at radius 1 is 1.24 bits per heavy atom. The molecule has 17 heavy (non-hydrogen) atoms. The molecule has 1 aromatic rings. The molecular weight excluding hydrogens is 236 g/mol. The summed E-state index contributed by atoms with van der Waals surface area (Å²) in [7, 11) is -2.37. The number of benzene rings is 1. The van der Waals surface area contributed by atoms with E-state index in [1.54, 1.807) is 12.1 Å². The molecule has 0 atom stereocenters. The zero-order chi connectivity index (χ0) is 12.5. The third-order valence-corrected chi connectivity index (χ3v) is 4.82. The maximum atomic E-state index is 11.7. The van der Waals surface area contributed by atoms with Crippen molar-refractivity contribution in [2.24, 2.45) is 0 Å². The van der Waals surface area contributed by atoms with Crippen molar-refractivity contribution >= 4 is 10.1 Å². The number of hydrogen-bond acceptors (Lipinski definition) is 3. The van der Waals surface area contributed by atoms with Crippen LogP contribution in [-0.2, 0) is 14.3 Å². The molecule has 0 amide bonds. The lowest BCUT2D eigenvalue weighted by molar-refractivity contribution is 0.397. The Morgan fingerprint density at radius 3 is 2.47 bits per heavy atom. The van der Waals surface area contributed by atoms with E-state index in [4.69, 9.17) is 0 Å². The van der Waals surface area contributed by atoms with Gasteiger partial charge in [-0.2, -0.15) is 8.42 Å². The molecule has 0 heterocycles. The monoisotopic (exact) mass is 254 g/mol. The summed E-state index contributed by atoms with van der Waals surface area (Å²) < 4.78 is 27.9. The summed E-state index contributed by atoms with van der Waals surface area (Å²) in [6, 6.07) is 5.27. The highest BCUT2D eigenvalue weighted by atomic mass is 32.2. The van der Waals surface area contributed by atoms with Gasteiger partial charge in [0.25, 0.3) is 10.1 Å². The average molecular weight is 254 g/mol. The lowest BCUT2D eigenvalue weighted by atomic mass is 9.94. The minimum Gasteiger partial charge on any atom is -0.270 e. The summed E-state index contributed by atoms with van der Waals surface area (Å²) in [5.41, 5.74) is 2.34. The molecule has 0 bridgehead atoms. The molecule has 1 aliphatic rings. The van der Waals surface area contributed by atoms with Gasteiger partial charge in [0.15, 0.2) is 0 Å². The molecule has 0 N–H and O–H groups in total. The second kappa shape index (κ2) is 4.78. The Bertz CT molecular complexity index is 499. The van der Waals surface area contributed by atoms with Gasteiger partial charge in [-0.05, 0) is 48.9 Å². The molecule has 3 nitrogen and oxygen atoms in total. The van der Waals surface area contributed by atoms with Crippen molar-refractivity contribution in [1.29, 1.82) is 0 Å². The van der Waals surface area contributed by atoms with Crippen LogP contribution in [0.4, 0.5) is 0 Å². The van der Waals surface area contributed by atoms with Crippen LogP contribution in [0.5, 0.6) is 0 Å². The first-order chi connectivity index (χ1) is 8.04. The molecule has 0 aromatic heterocycles.